The van der Waals surface area contributed by atoms with Gasteiger partial charge in [-0.2, -0.15) is 0 Å². The molecule has 193 valence electrons. The molecule has 4 aromatic carbocycles. The van der Waals surface area contributed by atoms with Gasteiger partial charge in [-0.15, -0.1) is 24.8 Å². The predicted octanol–water partition coefficient (Wildman–Crippen LogP) is 10.1. The summed E-state index contributed by atoms with van der Waals surface area (Å²) in [6, 6.07) is 36.1. The van der Waals surface area contributed by atoms with Gasteiger partial charge in [0.1, 0.15) is 0 Å². The van der Waals surface area contributed by atoms with Gasteiger partial charge >= 0.3 is 226 Å². The number of benzene rings is 4. The maximum absolute atomic E-state index is 2.65. The molecule has 4 heteroatoms. The Balaban J connectivity index is 0.00000168. The summed E-state index contributed by atoms with van der Waals surface area (Å²) in [5.41, 5.74) is 14.9. The summed E-state index contributed by atoms with van der Waals surface area (Å²) < 4.78 is 1.39. The molecule has 0 amide bonds. The Kier molecular flexibility index (Phi) is 9.20. The zero-order chi connectivity index (χ0) is 24.8. The Morgan fingerprint density at radius 2 is 0.921 bits per heavy atom. The first-order chi connectivity index (χ1) is 17.5. The van der Waals surface area contributed by atoms with Crippen LogP contribution in [-0.4, -0.2) is 5.98 Å². The van der Waals surface area contributed by atoms with Crippen molar-refractivity contribution in [1.29, 1.82) is 0 Å². The molecule has 6 rings (SSSR count). The Hall–Kier alpha value is -1.97. The second-order valence-electron chi connectivity index (χ2n) is 10.6. The van der Waals surface area contributed by atoms with Gasteiger partial charge in [0, 0.05) is 0 Å². The van der Waals surface area contributed by atoms with E-state index < -0.39 is 26.6 Å². The van der Waals surface area contributed by atoms with Crippen LogP contribution in [0.3, 0.4) is 0 Å². The van der Waals surface area contributed by atoms with Gasteiger partial charge in [-0.3, -0.25) is 0 Å². The molecule has 0 aliphatic heterocycles. The van der Waals surface area contributed by atoms with E-state index in [1.54, 1.807) is 22.3 Å². The average molecular weight is 721 g/mol. The molecule has 2 unspecified atom stereocenters. The van der Waals surface area contributed by atoms with Gasteiger partial charge in [0.05, 0.1) is 0 Å². The molecule has 0 saturated carbocycles. The minimum Gasteiger partial charge on any atom is -0.147 e. The van der Waals surface area contributed by atoms with Crippen molar-refractivity contribution in [2.24, 2.45) is 0 Å². The fraction of sp³-hybridized carbons (Fsp3) is 0.176. The molecule has 0 nitrogen and oxygen atoms in total. The zero-order valence-electron chi connectivity index (χ0n) is 22.4. The summed E-state index contributed by atoms with van der Waals surface area (Å²) in [4.78, 5) is 0. The van der Waals surface area contributed by atoms with Crippen molar-refractivity contribution in [3.63, 3.8) is 0 Å². The van der Waals surface area contributed by atoms with Crippen molar-refractivity contribution in [3.05, 3.63) is 130 Å². The van der Waals surface area contributed by atoms with Crippen LogP contribution < -0.4 is 0 Å². The van der Waals surface area contributed by atoms with Crippen LogP contribution in [0, 0.1) is 0 Å². The minimum atomic E-state index is -2.22. The van der Waals surface area contributed by atoms with Crippen LogP contribution in [-0.2, 0) is 20.6 Å². The van der Waals surface area contributed by atoms with E-state index in [9.17, 15) is 0 Å². The van der Waals surface area contributed by atoms with Crippen LogP contribution in [0.4, 0.5) is 0 Å². The molecule has 0 spiro atoms. The molecule has 2 aliphatic rings. The van der Waals surface area contributed by atoms with E-state index in [0.717, 1.165) is 0 Å². The molecule has 0 radical (unpaired) electrons. The maximum atomic E-state index is 2.65. The van der Waals surface area contributed by atoms with E-state index in [1.807, 2.05) is 0 Å². The second-order valence-corrected chi connectivity index (χ2v) is 38.6. The van der Waals surface area contributed by atoms with Gasteiger partial charge in [0.15, 0.2) is 0 Å². The number of halogens is 2. The van der Waals surface area contributed by atoms with E-state index >= 15 is 0 Å². The quantitative estimate of drug-likeness (QED) is 0.180. The van der Waals surface area contributed by atoms with Crippen molar-refractivity contribution >= 4 is 42.9 Å². The molecule has 0 N–H and O–H groups in total. The largest absolute Gasteiger partial charge is 0.147 e. The Morgan fingerprint density at radius 1 is 0.526 bits per heavy atom. The van der Waals surface area contributed by atoms with E-state index in [-0.39, 0.29) is 24.8 Å². The first-order valence-corrected chi connectivity index (χ1v) is 26.4. The van der Waals surface area contributed by atoms with Gasteiger partial charge in [-0.05, 0) is 0 Å². The van der Waals surface area contributed by atoms with E-state index in [4.69, 9.17) is 0 Å². The number of hydrogen-bond donors (Lipinski definition) is 0. The maximum Gasteiger partial charge on any atom is -0.147 e. The van der Waals surface area contributed by atoms with Gasteiger partial charge in [0.2, 0.25) is 0 Å². The van der Waals surface area contributed by atoms with E-state index in [2.05, 4.69) is 136 Å². The third-order valence-electron chi connectivity index (χ3n) is 8.06. The first-order valence-electron chi connectivity index (χ1n) is 13.1. The van der Waals surface area contributed by atoms with Gasteiger partial charge in [-0.1, -0.05) is 0 Å². The van der Waals surface area contributed by atoms with Crippen LogP contribution >= 0.6 is 24.8 Å². The molecule has 2 aliphatic carbocycles. The summed E-state index contributed by atoms with van der Waals surface area (Å²) >= 11 is -2.22. The molecule has 4 aromatic rings. The number of allylic oxidation sites excluding steroid dienone is 2. The molecular formula is C34H35Cl2HfSi. The standard InChI is InChI=1S/2C16H13.C2H7Si.2ClH.Hf/c2*1-12-10-14-8-5-9-15(16(14)11-12)13-6-3-2-4-7-13;1-3-2;;;/h2*2-11H,1H3;3H,1-2H3;2*1H;. The number of rotatable bonds is 5. The zero-order valence-corrected chi connectivity index (χ0v) is 28.8. The molecule has 0 saturated heterocycles. The van der Waals surface area contributed by atoms with Crippen molar-refractivity contribution in [3.8, 4) is 22.3 Å². The Morgan fingerprint density at radius 3 is 1.29 bits per heavy atom. The molecule has 0 aromatic heterocycles. The Labute approximate surface area is 248 Å². The van der Waals surface area contributed by atoms with Crippen LogP contribution in [0.5, 0.6) is 0 Å². The van der Waals surface area contributed by atoms with Crippen molar-refractivity contribution in [1.82, 2.24) is 0 Å². The van der Waals surface area contributed by atoms with E-state index in [1.165, 1.54) is 33.4 Å². The predicted molar refractivity (Wildman–Crippen MR) is 170 cm³/mol. The van der Waals surface area contributed by atoms with Crippen molar-refractivity contribution in [2.45, 2.75) is 34.3 Å². The topological polar surface area (TPSA) is 0 Å². The molecule has 0 fully saturated rings. The van der Waals surface area contributed by atoms with Gasteiger partial charge in [-0.25, -0.2) is 0 Å². The van der Waals surface area contributed by atoms with Crippen molar-refractivity contribution in [2.75, 3.05) is 0 Å². The van der Waals surface area contributed by atoms with Gasteiger partial charge in [0.25, 0.3) is 0 Å². The van der Waals surface area contributed by atoms with E-state index in [0.29, 0.717) is 7.35 Å². The third kappa shape index (κ3) is 5.02. The SMILES string of the molecule is CC1=Cc2c(-c3ccccc3)cccc2[CH]1[Hf]([CH]1C(C)=Cc2c(-c3ccccc3)cccc21)[SiH](C)C.Cl.Cl. The third-order valence-corrected chi connectivity index (χ3v) is 39.5. The molecule has 38 heavy (non-hydrogen) atoms. The summed E-state index contributed by atoms with van der Waals surface area (Å²) in [7, 11) is 0. The van der Waals surface area contributed by atoms with Crippen LogP contribution in [0.15, 0.2) is 108 Å². The molecular weight excluding hydrogens is 686 g/mol. The normalized spacial score (nSPS) is 17.1. The summed E-state index contributed by atoms with van der Waals surface area (Å²) in [5, 5.41) is 0. The van der Waals surface area contributed by atoms with Crippen LogP contribution in [0.25, 0.3) is 34.4 Å². The molecule has 0 bridgehead atoms. The summed E-state index contributed by atoms with van der Waals surface area (Å²) in [6.45, 7) is 10.2. The minimum absolute atomic E-state index is 0. The average Bonchev–Trinajstić information content (AvgIpc) is 3.41. The molecule has 2 atom stereocenters. The van der Waals surface area contributed by atoms with Gasteiger partial charge < -0.3 is 0 Å². The number of fused-ring (bicyclic) bond motifs is 2. The fourth-order valence-electron chi connectivity index (χ4n) is 6.56. The number of hydrogen-bond acceptors (Lipinski definition) is 0. The van der Waals surface area contributed by atoms with Crippen molar-refractivity contribution < 1.29 is 20.6 Å². The molecule has 0 heterocycles. The smallest absolute Gasteiger partial charge is 0.147 e. The van der Waals surface area contributed by atoms with Crippen LogP contribution in [0.2, 0.25) is 13.1 Å². The first kappa shape index (κ1) is 29.0. The van der Waals surface area contributed by atoms with Crippen LogP contribution in [0.1, 0.15) is 43.5 Å². The summed E-state index contributed by atoms with van der Waals surface area (Å²) in [6.07, 6.45) is 5.08. The summed E-state index contributed by atoms with van der Waals surface area (Å²) in [5.74, 6) is -0.834. The monoisotopic (exact) mass is 721 g/mol. The Bertz CT molecular complexity index is 1380. The second kappa shape index (κ2) is 12.0. The fourth-order valence-corrected chi connectivity index (χ4v) is 39.5.